The topological polar surface area (TPSA) is 16.1 Å². The molecule has 0 amide bonds. The molecule has 0 spiro atoms. The maximum atomic E-state index is 12.1. The molecule has 3 rings (SSSR count). The predicted molar refractivity (Wildman–Crippen MR) is 109 cm³/mol. The van der Waals surface area contributed by atoms with Crippen LogP contribution in [-0.2, 0) is 0 Å². The van der Waals surface area contributed by atoms with Gasteiger partial charge in [0.1, 0.15) is 11.6 Å². The molecule has 2 nitrogen and oxygen atoms in total. The number of fused-ring (bicyclic) bond motifs is 1. The van der Waals surface area contributed by atoms with E-state index in [0.29, 0.717) is 0 Å². The summed E-state index contributed by atoms with van der Waals surface area (Å²) >= 11 is 1.62. The lowest BCUT2D eigenvalue weighted by Gasteiger charge is -2.22. The summed E-state index contributed by atoms with van der Waals surface area (Å²) < 4.78 is 16.7. The summed E-state index contributed by atoms with van der Waals surface area (Å²) in [4.78, 5) is 3.71. The largest absolute Gasteiger partial charge is 0.355 e. The Kier molecular flexibility index (Phi) is 7.86. The van der Waals surface area contributed by atoms with Gasteiger partial charge in [-0.05, 0) is 55.9 Å². The molecule has 4 heteroatoms. The number of aromatic nitrogens is 1. The molecule has 0 atom stereocenters. The Bertz CT molecular complexity index is 674. The first-order chi connectivity index (χ1) is 12.2. The van der Waals surface area contributed by atoms with Gasteiger partial charge >= 0.3 is 0 Å². The van der Waals surface area contributed by atoms with E-state index >= 15 is 0 Å². The number of rotatable bonds is 5. The summed E-state index contributed by atoms with van der Waals surface area (Å²) in [6.45, 7) is 8.58. The molecule has 25 heavy (non-hydrogen) atoms. The van der Waals surface area contributed by atoms with Gasteiger partial charge < -0.3 is 4.90 Å². The van der Waals surface area contributed by atoms with Gasteiger partial charge in [0.15, 0.2) is 0 Å². The number of aryl methyl sites for hydroxylation is 1. The van der Waals surface area contributed by atoms with E-state index in [9.17, 15) is 4.39 Å². The number of anilines is 1. The van der Waals surface area contributed by atoms with Crippen molar-refractivity contribution in [1.82, 2.24) is 4.37 Å². The molecule has 0 unspecified atom stereocenters. The standard InChI is InChI=1S/C14H20N2S.C7H7F/c1-3-10-16(11-4-2)14-12-8-6-5-7-9-13(12)17-15-14;1-6-2-4-7(8)5-3-6/h6-9H,3-5,10-11H2,1-2H3;2-5H,1H3. The van der Waals surface area contributed by atoms with Gasteiger partial charge in [0.05, 0.1) is 4.88 Å². The average molecular weight is 359 g/mol. The monoisotopic (exact) mass is 358 g/mol. The van der Waals surface area contributed by atoms with Gasteiger partial charge in [-0.3, -0.25) is 0 Å². The first-order valence-electron chi connectivity index (χ1n) is 8.95. The third-order valence-corrected chi connectivity index (χ3v) is 4.68. The van der Waals surface area contributed by atoms with Crippen LogP contribution in [0.3, 0.4) is 0 Å². The van der Waals surface area contributed by atoms with Gasteiger partial charge in [-0.15, -0.1) is 0 Å². The van der Waals surface area contributed by atoms with Crippen LogP contribution < -0.4 is 4.90 Å². The van der Waals surface area contributed by atoms with Gasteiger partial charge in [-0.25, -0.2) is 4.39 Å². The maximum Gasteiger partial charge on any atom is 0.150 e. The molecule has 1 aliphatic carbocycles. The molecular weight excluding hydrogens is 331 g/mol. The fourth-order valence-corrected chi connectivity index (χ4v) is 3.46. The van der Waals surface area contributed by atoms with Crippen LogP contribution in [0.15, 0.2) is 36.4 Å². The van der Waals surface area contributed by atoms with E-state index in [0.717, 1.165) is 25.1 Å². The highest BCUT2D eigenvalue weighted by Crippen LogP contribution is 2.31. The fraction of sp³-hybridized carbons (Fsp3) is 0.381. The van der Waals surface area contributed by atoms with Gasteiger partial charge in [-0.1, -0.05) is 49.8 Å². The molecular formula is C21H27FN2S. The van der Waals surface area contributed by atoms with E-state index in [1.807, 2.05) is 6.92 Å². The van der Waals surface area contributed by atoms with E-state index in [4.69, 9.17) is 0 Å². The van der Waals surface area contributed by atoms with Crippen molar-refractivity contribution < 1.29 is 4.39 Å². The highest BCUT2D eigenvalue weighted by atomic mass is 32.1. The minimum atomic E-state index is -0.171. The van der Waals surface area contributed by atoms with Crippen LogP contribution in [0.25, 0.3) is 12.2 Å². The van der Waals surface area contributed by atoms with Crippen LogP contribution in [0.4, 0.5) is 10.2 Å². The zero-order valence-electron chi connectivity index (χ0n) is 15.3. The van der Waals surface area contributed by atoms with E-state index in [1.54, 1.807) is 23.7 Å². The van der Waals surface area contributed by atoms with Crippen LogP contribution in [0.2, 0.25) is 0 Å². The lowest BCUT2D eigenvalue weighted by molar-refractivity contribution is 0.627. The number of benzene rings is 1. The molecule has 1 aromatic carbocycles. The molecule has 1 aliphatic rings. The summed E-state index contributed by atoms with van der Waals surface area (Å²) in [5, 5.41) is 0. The van der Waals surface area contributed by atoms with Crippen molar-refractivity contribution in [3.63, 3.8) is 0 Å². The lowest BCUT2D eigenvalue weighted by Crippen LogP contribution is -2.25. The third kappa shape index (κ3) is 5.82. The number of allylic oxidation sites excluding steroid dienone is 2. The molecule has 0 N–H and O–H groups in total. The zero-order chi connectivity index (χ0) is 18.1. The van der Waals surface area contributed by atoms with Crippen LogP contribution >= 0.6 is 11.5 Å². The van der Waals surface area contributed by atoms with E-state index < -0.39 is 0 Å². The van der Waals surface area contributed by atoms with E-state index in [2.05, 4.69) is 47.4 Å². The quantitative estimate of drug-likeness (QED) is 0.620. The van der Waals surface area contributed by atoms with Crippen molar-refractivity contribution in [3.05, 3.63) is 58.2 Å². The van der Waals surface area contributed by atoms with Gasteiger partial charge in [0, 0.05) is 18.7 Å². The Morgan fingerprint density at radius 2 is 1.68 bits per heavy atom. The van der Waals surface area contributed by atoms with Crippen LogP contribution in [0.1, 0.15) is 49.1 Å². The van der Waals surface area contributed by atoms with E-state index in [-0.39, 0.29) is 5.82 Å². The second kappa shape index (κ2) is 10.1. The van der Waals surface area contributed by atoms with Crippen molar-refractivity contribution in [3.8, 4) is 0 Å². The lowest BCUT2D eigenvalue weighted by atomic mass is 10.2. The number of halogens is 1. The Morgan fingerprint density at radius 1 is 1.04 bits per heavy atom. The van der Waals surface area contributed by atoms with Gasteiger partial charge in [0.2, 0.25) is 0 Å². The highest BCUT2D eigenvalue weighted by molar-refractivity contribution is 7.07. The molecule has 2 aromatic rings. The van der Waals surface area contributed by atoms with Crippen molar-refractivity contribution in [1.29, 1.82) is 0 Å². The molecule has 0 aliphatic heterocycles. The molecule has 0 bridgehead atoms. The number of hydrogen-bond acceptors (Lipinski definition) is 3. The Morgan fingerprint density at radius 3 is 2.28 bits per heavy atom. The predicted octanol–water partition coefficient (Wildman–Crippen LogP) is 6.33. The molecule has 0 saturated carbocycles. The minimum absolute atomic E-state index is 0.171. The maximum absolute atomic E-state index is 12.1. The second-order valence-electron chi connectivity index (χ2n) is 6.11. The molecule has 1 aromatic heterocycles. The summed E-state index contributed by atoms with van der Waals surface area (Å²) in [5.41, 5.74) is 2.40. The SMILES string of the molecule is CCCN(CCC)c1nsc2c1C=CCC=C2.Cc1ccc(F)cc1. The Hall–Kier alpha value is -1.94. The first-order valence-corrected chi connectivity index (χ1v) is 9.72. The smallest absolute Gasteiger partial charge is 0.150 e. The summed E-state index contributed by atoms with van der Waals surface area (Å²) in [7, 11) is 0. The normalized spacial score (nSPS) is 12.2. The molecule has 0 fully saturated rings. The molecule has 0 radical (unpaired) electrons. The zero-order valence-corrected chi connectivity index (χ0v) is 16.2. The van der Waals surface area contributed by atoms with Crippen molar-refractivity contribution in [2.45, 2.75) is 40.0 Å². The van der Waals surface area contributed by atoms with Crippen LogP contribution in [0, 0.1) is 12.7 Å². The molecule has 134 valence electrons. The van der Waals surface area contributed by atoms with Crippen LogP contribution in [0.5, 0.6) is 0 Å². The van der Waals surface area contributed by atoms with Crippen molar-refractivity contribution >= 4 is 29.5 Å². The van der Waals surface area contributed by atoms with Gasteiger partial charge in [0.25, 0.3) is 0 Å². The van der Waals surface area contributed by atoms with Crippen molar-refractivity contribution in [2.75, 3.05) is 18.0 Å². The number of nitrogens with zero attached hydrogens (tertiary/aromatic N) is 2. The fourth-order valence-electron chi connectivity index (χ4n) is 2.64. The van der Waals surface area contributed by atoms with Gasteiger partial charge in [-0.2, -0.15) is 4.37 Å². The van der Waals surface area contributed by atoms with Crippen molar-refractivity contribution in [2.24, 2.45) is 0 Å². The average Bonchev–Trinajstić information content (AvgIpc) is 2.86. The summed E-state index contributed by atoms with van der Waals surface area (Å²) in [6.07, 6.45) is 12.2. The first kappa shape index (κ1) is 19.4. The summed E-state index contributed by atoms with van der Waals surface area (Å²) in [6, 6.07) is 6.40. The molecule has 0 saturated heterocycles. The third-order valence-electron chi connectivity index (χ3n) is 3.86. The van der Waals surface area contributed by atoms with E-state index in [1.165, 1.54) is 41.2 Å². The Balaban J connectivity index is 0.000000236. The highest BCUT2D eigenvalue weighted by Gasteiger charge is 2.15. The Labute approximate surface area is 154 Å². The summed E-state index contributed by atoms with van der Waals surface area (Å²) in [5.74, 6) is 1.01. The minimum Gasteiger partial charge on any atom is -0.355 e. The van der Waals surface area contributed by atoms with Crippen LogP contribution in [-0.4, -0.2) is 17.5 Å². The molecule has 1 heterocycles. The number of hydrogen-bond donors (Lipinski definition) is 0. The second-order valence-corrected chi connectivity index (χ2v) is 6.91.